The molecule has 0 aliphatic heterocycles. The molecule has 0 heterocycles. The molecule has 0 amide bonds. The van der Waals surface area contributed by atoms with Crippen molar-refractivity contribution in [1.82, 2.24) is 0 Å². The summed E-state index contributed by atoms with van der Waals surface area (Å²) in [5.41, 5.74) is 0. The number of rotatable bonds is 6. The zero-order valence-corrected chi connectivity index (χ0v) is 13.5. The Hall–Kier alpha value is 0. The summed E-state index contributed by atoms with van der Waals surface area (Å²) in [6, 6.07) is 0. The third-order valence-corrected chi connectivity index (χ3v) is 6.11. The lowest BCUT2D eigenvalue weighted by Crippen LogP contribution is -2.25. The molecule has 0 bridgehead atoms. The van der Waals surface area contributed by atoms with Crippen LogP contribution in [-0.2, 0) is 0 Å². The highest BCUT2D eigenvalue weighted by molar-refractivity contribution is 4.82. The first kappa shape index (κ1) is 15.4. The minimum absolute atomic E-state index is 1.09. The van der Waals surface area contributed by atoms with E-state index in [9.17, 15) is 0 Å². The number of unbranched alkanes of at least 4 members (excludes halogenated alkanes) is 1. The smallest absolute Gasteiger partial charge is 0.0386 e. The van der Waals surface area contributed by atoms with Gasteiger partial charge in [-0.2, -0.15) is 0 Å². The molecule has 0 aromatic heterocycles. The van der Waals surface area contributed by atoms with Crippen molar-refractivity contribution in [3.63, 3.8) is 0 Å². The first-order valence-electron chi connectivity index (χ1n) is 9.33. The number of hydrogen-bond donors (Lipinski definition) is 0. The van der Waals surface area contributed by atoms with E-state index in [2.05, 4.69) is 13.8 Å². The Morgan fingerprint density at radius 3 is 1.47 bits per heavy atom. The summed E-state index contributed by atoms with van der Waals surface area (Å²) in [5, 5.41) is 0. The van der Waals surface area contributed by atoms with E-state index in [1.165, 1.54) is 32.1 Å². The molecule has 0 saturated heterocycles. The SMILES string of the molecule is CCCCC1CCC([C@H]2CC[C@H](CCC)CC2)CC1. The highest BCUT2D eigenvalue weighted by Gasteiger charge is 2.30. The lowest BCUT2D eigenvalue weighted by atomic mass is 9.68. The molecule has 0 aromatic rings. The van der Waals surface area contributed by atoms with Gasteiger partial charge < -0.3 is 0 Å². The molecule has 0 radical (unpaired) electrons. The fourth-order valence-corrected chi connectivity index (χ4v) is 4.80. The third kappa shape index (κ3) is 4.80. The molecule has 0 N–H and O–H groups in total. The molecule has 0 aromatic carbocycles. The van der Waals surface area contributed by atoms with E-state index in [1.54, 1.807) is 51.4 Å². The molecule has 112 valence electrons. The highest BCUT2D eigenvalue weighted by atomic mass is 14.4. The second kappa shape index (κ2) is 8.32. The van der Waals surface area contributed by atoms with Gasteiger partial charge in [0.25, 0.3) is 0 Å². The van der Waals surface area contributed by atoms with Crippen LogP contribution in [0.1, 0.15) is 97.3 Å². The lowest BCUT2D eigenvalue weighted by Gasteiger charge is -2.38. The van der Waals surface area contributed by atoms with Gasteiger partial charge in [-0.1, -0.05) is 71.6 Å². The molecule has 2 aliphatic rings. The second-order valence-electron chi connectivity index (χ2n) is 7.49. The van der Waals surface area contributed by atoms with Gasteiger partial charge in [-0.15, -0.1) is 0 Å². The zero-order chi connectivity index (χ0) is 13.5. The summed E-state index contributed by atoms with van der Waals surface area (Å²) in [7, 11) is 0. The van der Waals surface area contributed by atoms with Gasteiger partial charge in [-0.3, -0.25) is 0 Å². The minimum Gasteiger partial charge on any atom is -0.0654 e. The summed E-state index contributed by atoms with van der Waals surface area (Å²) >= 11 is 0. The summed E-state index contributed by atoms with van der Waals surface area (Å²) in [4.78, 5) is 0. The van der Waals surface area contributed by atoms with E-state index in [0.717, 1.165) is 23.7 Å². The Balaban J connectivity index is 1.65. The Morgan fingerprint density at radius 2 is 1.05 bits per heavy atom. The summed E-state index contributed by atoms with van der Waals surface area (Å²) in [6.45, 7) is 4.68. The zero-order valence-electron chi connectivity index (χ0n) is 13.5. The standard InChI is InChI=1S/C19H36/c1-3-5-7-17-10-14-19(15-11-17)18-12-8-16(6-4-2)9-13-18/h16-19H,3-15H2,1-2H3/t16-,17?,18-,19?. The van der Waals surface area contributed by atoms with Crippen molar-refractivity contribution < 1.29 is 0 Å². The molecule has 2 saturated carbocycles. The van der Waals surface area contributed by atoms with Crippen LogP contribution in [0.2, 0.25) is 0 Å². The lowest BCUT2D eigenvalue weighted by molar-refractivity contribution is 0.140. The quantitative estimate of drug-likeness (QED) is 0.507. The van der Waals surface area contributed by atoms with Crippen molar-refractivity contribution in [1.29, 1.82) is 0 Å². The topological polar surface area (TPSA) is 0 Å². The van der Waals surface area contributed by atoms with Crippen LogP contribution in [0.4, 0.5) is 0 Å². The van der Waals surface area contributed by atoms with Crippen molar-refractivity contribution in [3.05, 3.63) is 0 Å². The predicted octanol–water partition coefficient (Wildman–Crippen LogP) is 6.59. The van der Waals surface area contributed by atoms with Gasteiger partial charge in [-0.25, -0.2) is 0 Å². The van der Waals surface area contributed by atoms with E-state index >= 15 is 0 Å². The van der Waals surface area contributed by atoms with Gasteiger partial charge in [0.15, 0.2) is 0 Å². The van der Waals surface area contributed by atoms with Gasteiger partial charge >= 0.3 is 0 Å². The van der Waals surface area contributed by atoms with Crippen LogP contribution in [0.5, 0.6) is 0 Å². The maximum Gasteiger partial charge on any atom is -0.0386 e. The van der Waals surface area contributed by atoms with E-state index in [-0.39, 0.29) is 0 Å². The van der Waals surface area contributed by atoms with Crippen LogP contribution in [0.15, 0.2) is 0 Å². The molecule has 2 rings (SSSR count). The molecule has 2 fully saturated rings. The maximum absolute atomic E-state index is 2.35. The molecule has 0 atom stereocenters. The van der Waals surface area contributed by atoms with Gasteiger partial charge in [0, 0.05) is 0 Å². The van der Waals surface area contributed by atoms with Crippen LogP contribution in [0.3, 0.4) is 0 Å². The van der Waals surface area contributed by atoms with Crippen molar-refractivity contribution in [2.45, 2.75) is 97.3 Å². The average Bonchev–Trinajstić information content (AvgIpc) is 2.47. The predicted molar refractivity (Wildman–Crippen MR) is 85.3 cm³/mol. The van der Waals surface area contributed by atoms with Crippen LogP contribution in [0.25, 0.3) is 0 Å². The molecule has 0 unspecified atom stereocenters. The molecule has 0 nitrogen and oxygen atoms in total. The van der Waals surface area contributed by atoms with Crippen LogP contribution in [-0.4, -0.2) is 0 Å². The average molecular weight is 264 g/mol. The van der Waals surface area contributed by atoms with Gasteiger partial charge in [0.05, 0.1) is 0 Å². The molecular formula is C19H36. The van der Waals surface area contributed by atoms with E-state index in [4.69, 9.17) is 0 Å². The molecular weight excluding hydrogens is 228 g/mol. The van der Waals surface area contributed by atoms with E-state index in [1.807, 2.05) is 0 Å². The van der Waals surface area contributed by atoms with Crippen LogP contribution < -0.4 is 0 Å². The van der Waals surface area contributed by atoms with E-state index < -0.39 is 0 Å². The van der Waals surface area contributed by atoms with Crippen molar-refractivity contribution in [2.75, 3.05) is 0 Å². The van der Waals surface area contributed by atoms with E-state index in [0.29, 0.717) is 0 Å². The number of hydrogen-bond acceptors (Lipinski definition) is 0. The Morgan fingerprint density at radius 1 is 0.579 bits per heavy atom. The first-order valence-corrected chi connectivity index (χ1v) is 9.33. The summed E-state index contributed by atoms with van der Waals surface area (Å²) in [5.74, 6) is 4.40. The normalized spacial score (nSPS) is 36.3. The van der Waals surface area contributed by atoms with Gasteiger partial charge in [0.1, 0.15) is 0 Å². The Bertz CT molecular complexity index is 216. The largest absolute Gasteiger partial charge is 0.0654 e. The minimum atomic E-state index is 1.09. The highest BCUT2D eigenvalue weighted by Crippen LogP contribution is 2.42. The molecule has 0 spiro atoms. The van der Waals surface area contributed by atoms with Crippen LogP contribution >= 0.6 is 0 Å². The van der Waals surface area contributed by atoms with Gasteiger partial charge in [-0.05, 0) is 49.4 Å². The van der Waals surface area contributed by atoms with Crippen molar-refractivity contribution >= 4 is 0 Å². The second-order valence-corrected chi connectivity index (χ2v) is 7.49. The Kier molecular flexibility index (Phi) is 6.74. The van der Waals surface area contributed by atoms with Crippen molar-refractivity contribution in [3.8, 4) is 0 Å². The fraction of sp³-hybridized carbons (Fsp3) is 1.00. The third-order valence-electron chi connectivity index (χ3n) is 6.11. The van der Waals surface area contributed by atoms with Crippen molar-refractivity contribution in [2.24, 2.45) is 23.7 Å². The summed E-state index contributed by atoms with van der Waals surface area (Å²) in [6.07, 6.45) is 19.8. The fourth-order valence-electron chi connectivity index (χ4n) is 4.80. The first-order chi connectivity index (χ1) is 9.33. The summed E-state index contributed by atoms with van der Waals surface area (Å²) < 4.78 is 0. The maximum atomic E-state index is 2.35. The molecule has 0 heteroatoms. The van der Waals surface area contributed by atoms with Gasteiger partial charge in [0.2, 0.25) is 0 Å². The molecule has 2 aliphatic carbocycles. The Labute approximate surface area is 121 Å². The van der Waals surface area contributed by atoms with Crippen LogP contribution in [0, 0.1) is 23.7 Å². The monoisotopic (exact) mass is 264 g/mol. The molecule has 19 heavy (non-hydrogen) atoms.